The topological polar surface area (TPSA) is 120 Å². The van der Waals surface area contributed by atoms with Crippen molar-refractivity contribution >= 4 is 23.9 Å². The first-order chi connectivity index (χ1) is 20.2. The quantitative estimate of drug-likeness (QED) is 0.0921. The van der Waals surface area contributed by atoms with E-state index in [1.165, 1.54) is 19.3 Å². The van der Waals surface area contributed by atoms with Gasteiger partial charge in [-0.15, -0.1) is 0 Å². The number of rotatable bonds is 20. The highest BCUT2D eigenvalue weighted by molar-refractivity contribution is 5.86. The maximum atomic E-state index is 12.9. The summed E-state index contributed by atoms with van der Waals surface area (Å²) in [7, 11) is 0. The van der Waals surface area contributed by atoms with E-state index in [4.69, 9.17) is 14.2 Å². The number of hydrogen-bond donors (Lipinski definition) is 2. The van der Waals surface area contributed by atoms with Crippen molar-refractivity contribution in [3.8, 4) is 0 Å². The van der Waals surface area contributed by atoms with Gasteiger partial charge in [-0.3, -0.25) is 14.4 Å². The monoisotopic (exact) mass is 604 g/mol. The van der Waals surface area contributed by atoms with Crippen LogP contribution in [0.3, 0.4) is 0 Å². The highest BCUT2D eigenvalue weighted by Gasteiger charge is 2.24. The van der Waals surface area contributed by atoms with Crippen LogP contribution >= 0.6 is 0 Å². The van der Waals surface area contributed by atoms with Gasteiger partial charge >= 0.3 is 18.0 Å². The molecule has 0 aliphatic heterocycles. The average molecular weight is 605 g/mol. The Balaban J connectivity index is 2.26. The molecule has 1 unspecified atom stereocenters. The summed E-state index contributed by atoms with van der Waals surface area (Å²) in [5.41, 5.74) is -0.202. The van der Waals surface area contributed by atoms with Crippen LogP contribution in [0.4, 0.5) is 4.79 Å². The average Bonchev–Trinajstić information content (AvgIpc) is 2.90. The van der Waals surface area contributed by atoms with Crippen LogP contribution in [0.2, 0.25) is 0 Å². The van der Waals surface area contributed by atoms with Crippen molar-refractivity contribution < 1.29 is 33.4 Å². The highest BCUT2D eigenvalue weighted by atomic mass is 16.6. The van der Waals surface area contributed by atoms with Crippen LogP contribution in [0.15, 0.2) is 30.3 Å². The fraction of sp³-hybridized carbons (Fsp3) is 0.706. The van der Waals surface area contributed by atoms with Gasteiger partial charge in [0.2, 0.25) is 5.91 Å². The van der Waals surface area contributed by atoms with Crippen LogP contribution in [0.5, 0.6) is 0 Å². The van der Waals surface area contributed by atoms with Crippen LogP contribution in [-0.4, -0.2) is 47.7 Å². The van der Waals surface area contributed by atoms with Gasteiger partial charge < -0.3 is 24.8 Å². The second-order valence-corrected chi connectivity index (χ2v) is 13.0. The second-order valence-electron chi connectivity index (χ2n) is 13.0. The zero-order valence-corrected chi connectivity index (χ0v) is 27.4. The van der Waals surface area contributed by atoms with Crippen molar-refractivity contribution in [1.29, 1.82) is 0 Å². The smallest absolute Gasteiger partial charge is 0.408 e. The normalized spacial score (nSPS) is 12.2. The minimum absolute atomic E-state index is 0.00192. The zero-order valence-electron chi connectivity index (χ0n) is 27.4. The summed E-state index contributed by atoms with van der Waals surface area (Å²) in [5, 5.41) is 5.50. The molecule has 2 N–H and O–H groups in total. The Morgan fingerprint density at radius 2 is 1.16 bits per heavy atom. The Morgan fingerprint density at radius 1 is 0.674 bits per heavy atom. The number of esters is 2. The summed E-state index contributed by atoms with van der Waals surface area (Å²) in [5.74, 6) is -0.880. The van der Waals surface area contributed by atoms with Gasteiger partial charge in [-0.05, 0) is 66.4 Å². The first-order valence-electron chi connectivity index (χ1n) is 15.9. The number of hydrogen-bond acceptors (Lipinski definition) is 7. The highest BCUT2D eigenvalue weighted by Crippen LogP contribution is 2.14. The standard InChI is InChI=1S/C34H56N2O7/c1-33(2,3)42-29(37)22-18-13-11-9-7-8-10-12-14-19-25-35-31(39)28(23-24-30(38)43-34(4,5)6)36-32(40)41-26-27-20-16-15-17-21-27/h15-17,20-21,28H,7-14,18-19,22-26H2,1-6H3,(H,35,39)(H,36,40). The Kier molecular flexibility index (Phi) is 18.3. The minimum atomic E-state index is -0.903. The SMILES string of the molecule is CC(C)(C)OC(=O)CCCCCCCCCCCCNC(=O)C(CCC(=O)OC(C)(C)C)NC(=O)OCc1ccccc1. The molecule has 1 rings (SSSR count). The van der Waals surface area contributed by atoms with Gasteiger partial charge in [0.05, 0.1) is 0 Å². The molecule has 1 aromatic rings. The van der Waals surface area contributed by atoms with Crippen molar-refractivity contribution in [2.45, 2.75) is 149 Å². The van der Waals surface area contributed by atoms with E-state index in [1.54, 1.807) is 20.8 Å². The van der Waals surface area contributed by atoms with E-state index in [1.807, 2.05) is 51.1 Å². The summed E-state index contributed by atoms with van der Waals surface area (Å²) in [6.07, 6.45) is 10.6. The Labute approximate surface area is 259 Å². The zero-order chi connectivity index (χ0) is 32.1. The third-order valence-electron chi connectivity index (χ3n) is 6.41. The number of benzene rings is 1. The van der Waals surface area contributed by atoms with Gasteiger partial charge in [-0.2, -0.15) is 0 Å². The van der Waals surface area contributed by atoms with Crippen LogP contribution < -0.4 is 10.6 Å². The Hall–Kier alpha value is -3.10. The maximum Gasteiger partial charge on any atom is 0.408 e. The fourth-order valence-electron chi connectivity index (χ4n) is 4.37. The third-order valence-corrected chi connectivity index (χ3v) is 6.41. The van der Waals surface area contributed by atoms with Gasteiger partial charge in [-0.25, -0.2) is 4.79 Å². The number of alkyl carbamates (subject to hydrolysis) is 1. The lowest BCUT2D eigenvalue weighted by Gasteiger charge is -2.21. The Bertz CT molecular complexity index is 952. The van der Waals surface area contributed by atoms with Gasteiger partial charge in [-0.1, -0.05) is 81.7 Å². The number of carbonyl (C=O) groups is 4. The van der Waals surface area contributed by atoms with Gasteiger partial charge in [0, 0.05) is 19.4 Å². The summed E-state index contributed by atoms with van der Waals surface area (Å²) in [6, 6.07) is 8.37. The predicted molar refractivity (Wildman–Crippen MR) is 168 cm³/mol. The van der Waals surface area contributed by atoms with Crippen LogP contribution in [-0.2, 0) is 35.2 Å². The van der Waals surface area contributed by atoms with Crippen molar-refractivity contribution in [2.24, 2.45) is 0 Å². The molecular formula is C34H56N2O7. The molecule has 43 heavy (non-hydrogen) atoms. The van der Waals surface area contributed by atoms with E-state index in [0.29, 0.717) is 13.0 Å². The number of ether oxygens (including phenoxy) is 3. The first-order valence-corrected chi connectivity index (χ1v) is 15.9. The number of amides is 2. The molecule has 0 aliphatic carbocycles. The van der Waals surface area contributed by atoms with E-state index in [9.17, 15) is 19.2 Å². The van der Waals surface area contributed by atoms with E-state index in [2.05, 4.69) is 10.6 Å². The second kappa shape index (κ2) is 20.7. The molecule has 0 radical (unpaired) electrons. The molecule has 244 valence electrons. The van der Waals surface area contributed by atoms with Crippen molar-refractivity contribution in [2.75, 3.05) is 6.54 Å². The van der Waals surface area contributed by atoms with E-state index in [-0.39, 0.29) is 31.3 Å². The molecule has 2 amide bonds. The minimum Gasteiger partial charge on any atom is -0.460 e. The summed E-state index contributed by atoms with van der Waals surface area (Å²) in [4.78, 5) is 49.2. The molecule has 0 aliphatic rings. The molecular weight excluding hydrogens is 548 g/mol. The maximum absolute atomic E-state index is 12.9. The lowest BCUT2D eigenvalue weighted by Crippen LogP contribution is -2.47. The van der Waals surface area contributed by atoms with Crippen LogP contribution in [0.1, 0.15) is 131 Å². The molecule has 0 spiro atoms. The molecule has 0 aromatic heterocycles. The molecule has 9 nitrogen and oxygen atoms in total. The molecule has 1 aromatic carbocycles. The molecule has 0 fully saturated rings. The van der Waals surface area contributed by atoms with Gasteiger partial charge in [0.25, 0.3) is 0 Å². The molecule has 1 atom stereocenters. The summed E-state index contributed by atoms with van der Waals surface area (Å²) >= 11 is 0. The van der Waals surface area contributed by atoms with Crippen molar-refractivity contribution in [3.05, 3.63) is 35.9 Å². The van der Waals surface area contributed by atoms with Gasteiger partial charge in [0.1, 0.15) is 23.9 Å². The molecule has 0 heterocycles. The lowest BCUT2D eigenvalue weighted by molar-refractivity contribution is -0.156. The van der Waals surface area contributed by atoms with E-state index >= 15 is 0 Å². The lowest BCUT2D eigenvalue weighted by atomic mass is 10.1. The van der Waals surface area contributed by atoms with Crippen molar-refractivity contribution in [1.82, 2.24) is 10.6 Å². The first kappa shape index (κ1) is 37.9. The Morgan fingerprint density at radius 3 is 1.70 bits per heavy atom. The largest absolute Gasteiger partial charge is 0.460 e. The van der Waals surface area contributed by atoms with E-state index in [0.717, 1.165) is 50.5 Å². The summed E-state index contributed by atoms with van der Waals surface area (Å²) < 4.78 is 16.0. The predicted octanol–water partition coefficient (Wildman–Crippen LogP) is 7.15. The fourth-order valence-corrected chi connectivity index (χ4v) is 4.37. The van der Waals surface area contributed by atoms with E-state index < -0.39 is 29.3 Å². The molecule has 9 heteroatoms. The van der Waals surface area contributed by atoms with Crippen molar-refractivity contribution in [3.63, 3.8) is 0 Å². The van der Waals surface area contributed by atoms with Crippen LogP contribution in [0.25, 0.3) is 0 Å². The molecule has 0 saturated heterocycles. The number of carbonyl (C=O) groups excluding carboxylic acids is 4. The molecule has 0 saturated carbocycles. The summed E-state index contributed by atoms with van der Waals surface area (Å²) in [6.45, 7) is 11.6. The molecule has 0 bridgehead atoms. The number of unbranched alkanes of at least 4 members (excludes halogenated alkanes) is 9. The van der Waals surface area contributed by atoms with Crippen LogP contribution in [0, 0.1) is 0 Å². The van der Waals surface area contributed by atoms with Gasteiger partial charge in [0.15, 0.2) is 0 Å². The number of nitrogens with one attached hydrogen (secondary N) is 2. The third kappa shape index (κ3) is 22.2.